The minimum Gasteiger partial charge on any atom is -0.302 e. The number of likely N-dealkylation sites (N-methyl/N-ethyl adjacent to an activating group) is 1. The fraction of sp³-hybridized carbons (Fsp3) is 0.300. The molecule has 0 N–H and O–H groups in total. The molecular weight excluding hydrogens is 383 g/mol. The molecular formula is C20H20ClFN4S. The van der Waals surface area contributed by atoms with E-state index >= 15 is 0 Å². The van der Waals surface area contributed by atoms with Crippen LogP contribution < -0.4 is 0 Å². The van der Waals surface area contributed by atoms with Crippen LogP contribution in [0.15, 0.2) is 48.5 Å². The predicted octanol–water partition coefficient (Wildman–Crippen LogP) is 4.96. The van der Waals surface area contributed by atoms with E-state index in [0.29, 0.717) is 28.2 Å². The molecule has 140 valence electrons. The van der Waals surface area contributed by atoms with Gasteiger partial charge in [0, 0.05) is 23.2 Å². The summed E-state index contributed by atoms with van der Waals surface area (Å²) in [5.74, 6) is 0.414. The van der Waals surface area contributed by atoms with Gasteiger partial charge in [0.05, 0.1) is 12.2 Å². The van der Waals surface area contributed by atoms with E-state index in [1.54, 1.807) is 12.1 Å². The first-order valence-electron chi connectivity index (χ1n) is 8.95. The van der Waals surface area contributed by atoms with E-state index in [1.807, 2.05) is 33.5 Å². The molecule has 1 saturated carbocycles. The Hall–Kier alpha value is -2.02. The fourth-order valence-electron chi connectivity index (χ4n) is 3.11. The molecule has 4 rings (SSSR count). The van der Waals surface area contributed by atoms with Gasteiger partial charge in [0.2, 0.25) is 4.77 Å². The van der Waals surface area contributed by atoms with Gasteiger partial charge < -0.3 is 4.90 Å². The van der Waals surface area contributed by atoms with Crippen molar-refractivity contribution >= 4 is 23.8 Å². The van der Waals surface area contributed by atoms with Crippen LogP contribution in [-0.2, 0) is 6.54 Å². The maximum atomic E-state index is 13.4. The Bertz CT molecular complexity index is 990. The lowest BCUT2D eigenvalue weighted by Gasteiger charge is -2.14. The normalized spacial score (nSPS) is 14.1. The number of hydrogen-bond donors (Lipinski definition) is 0. The number of benzene rings is 2. The van der Waals surface area contributed by atoms with Crippen molar-refractivity contribution in [2.24, 2.45) is 0 Å². The molecule has 7 heteroatoms. The second-order valence-corrected chi connectivity index (χ2v) is 7.66. The lowest BCUT2D eigenvalue weighted by atomic mass is 10.2. The predicted molar refractivity (Wildman–Crippen MR) is 108 cm³/mol. The monoisotopic (exact) mass is 402 g/mol. The van der Waals surface area contributed by atoms with Gasteiger partial charge in [-0.3, -0.25) is 4.57 Å². The summed E-state index contributed by atoms with van der Waals surface area (Å²) in [5, 5.41) is 5.41. The summed E-state index contributed by atoms with van der Waals surface area (Å²) in [6.45, 7) is 1.60. The van der Waals surface area contributed by atoms with Gasteiger partial charge in [-0.15, -0.1) is 0 Å². The van der Waals surface area contributed by atoms with Crippen LogP contribution >= 0.6 is 23.8 Å². The molecule has 0 atom stereocenters. The van der Waals surface area contributed by atoms with Crippen molar-refractivity contribution in [2.45, 2.75) is 25.4 Å². The highest BCUT2D eigenvalue weighted by molar-refractivity contribution is 7.71. The van der Waals surface area contributed by atoms with Gasteiger partial charge in [-0.2, -0.15) is 5.10 Å². The summed E-state index contributed by atoms with van der Waals surface area (Å²) < 4.78 is 17.7. The minimum atomic E-state index is -0.277. The Kier molecular flexibility index (Phi) is 5.12. The van der Waals surface area contributed by atoms with Gasteiger partial charge in [-0.25, -0.2) is 9.07 Å². The average molecular weight is 403 g/mol. The molecule has 2 aromatic carbocycles. The molecule has 4 nitrogen and oxygen atoms in total. The van der Waals surface area contributed by atoms with E-state index in [9.17, 15) is 4.39 Å². The zero-order valence-electron chi connectivity index (χ0n) is 15.0. The first kappa shape index (κ1) is 18.3. The van der Waals surface area contributed by atoms with Gasteiger partial charge in [-0.1, -0.05) is 11.6 Å². The molecule has 27 heavy (non-hydrogen) atoms. The molecule has 0 spiro atoms. The largest absolute Gasteiger partial charge is 0.302 e. The molecule has 1 aliphatic carbocycles. The van der Waals surface area contributed by atoms with Gasteiger partial charge in [0.1, 0.15) is 5.82 Å². The molecule has 0 amide bonds. The number of aromatic nitrogens is 3. The number of hydrogen-bond acceptors (Lipinski definition) is 3. The summed E-state index contributed by atoms with van der Waals surface area (Å²) in [7, 11) is 2.14. The second-order valence-electron chi connectivity index (χ2n) is 6.86. The smallest absolute Gasteiger partial charge is 0.202 e. The van der Waals surface area contributed by atoms with Crippen molar-refractivity contribution in [2.75, 3.05) is 13.6 Å². The first-order chi connectivity index (χ1) is 13.0. The molecule has 1 aliphatic rings. The average Bonchev–Trinajstić information content (AvgIpc) is 3.46. The van der Waals surface area contributed by atoms with Crippen LogP contribution in [0.4, 0.5) is 4.39 Å². The van der Waals surface area contributed by atoms with Gasteiger partial charge in [0.25, 0.3) is 0 Å². The van der Waals surface area contributed by atoms with E-state index in [2.05, 4.69) is 11.9 Å². The van der Waals surface area contributed by atoms with Crippen LogP contribution in [0.5, 0.6) is 0 Å². The topological polar surface area (TPSA) is 26.0 Å². The van der Waals surface area contributed by atoms with Crippen molar-refractivity contribution < 1.29 is 4.39 Å². The Balaban J connectivity index is 1.75. The third-order valence-corrected chi connectivity index (χ3v) is 5.51. The zero-order valence-corrected chi connectivity index (χ0v) is 16.6. The molecule has 0 bridgehead atoms. The molecule has 3 aromatic rings. The van der Waals surface area contributed by atoms with Crippen LogP contribution in [0.2, 0.25) is 5.02 Å². The first-order valence-corrected chi connectivity index (χ1v) is 9.73. The Labute approximate surface area is 167 Å². The highest BCUT2D eigenvalue weighted by atomic mass is 35.5. The van der Waals surface area contributed by atoms with E-state index in [1.165, 1.54) is 25.0 Å². The Morgan fingerprint density at radius 1 is 1.15 bits per heavy atom. The second kappa shape index (κ2) is 7.54. The van der Waals surface area contributed by atoms with E-state index in [-0.39, 0.29) is 5.82 Å². The lowest BCUT2D eigenvalue weighted by Crippen LogP contribution is -2.25. The van der Waals surface area contributed by atoms with E-state index in [4.69, 9.17) is 28.9 Å². The van der Waals surface area contributed by atoms with Crippen molar-refractivity contribution in [3.05, 3.63) is 64.1 Å². The number of rotatable bonds is 6. The van der Waals surface area contributed by atoms with Crippen molar-refractivity contribution in [1.82, 2.24) is 19.2 Å². The lowest BCUT2D eigenvalue weighted by molar-refractivity contribution is 0.302. The Morgan fingerprint density at radius 2 is 1.81 bits per heavy atom. The molecule has 0 radical (unpaired) electrons. The van der Waals surface area contributed by atoms with Gasteiger partial charge in [0.15, 0.2) is 5.82 Å². The minimum absolute atomic E-state index is 0.277. The molecule has 1 fully saturated rings. The zero-order chi connectivity index (χ0) is 19.0. The SMILES string of the molecule is CN(CCn1nc(-c2ccc(F)cc2)n(-c2ccc(Cl)cc2)c1=S)C1CC1. The quantitative estimate of drug-likeness (QED) is 0.545. The highest BCUT2D eigenvalue weighted by Crippen LogP contribution is 2.26. The molecule has 0 saturated heterocycles. The maximum Gasteiger partial charge on any atom is 0.202 e. The third-order valence-electron chi connectivity index (χ3n) is 4.86. The van der Waals surface area contributed by atoms with Gasteiger partial charge >= 0.3 is 0 Å². The summed E-state index contributed by atoms with van der Waals surface area (Å²) >= 11 is 11.8. The summed E-state index contributed by atoms with van der Waals surface area (Å²) in [6, 6.07) is 14.5. The molecule has 1 heterocycles. The summed E-state index contributed by atoms with van der Waals surface area (Å²) in [6.07, 6.45) is 2.53. The third kappa shape index (κ3) is 3.98. The van der Waals surface area contributed by atoms with Crippen LogP contribution in [0.3, 0.4) is 0 Å². The Morgan fingerprint density at radius 3 is 2.44 bits per heavy atom. The highest BCUT2D eigenvalue weighted by Gasteiger charge is 2.26. The van der Waals surface area contributed by atoms with Crippen LogP contribution in [0.1, 0.15) is 12.8 Å². The van der Waals surface area contributed by atoms with Crippen LogP contribution in [0, 0.1) is 10.6 Å². The van der Waals surface area contributed by atoms with Crippen molar-refractivity contribution in [3.8, 4) is 17.1 Å². The standard InChI is InChI=1S/C20H20ClFN4S/c1-24(17-10-11-17)12-13-25-20(27)26(18-8-4-15(21)5-9-18)19(23-25)14-2-6-16(22)7-3-14/h2-9,17H,10-13H2,1H3. The van der Waals surface area contributed by atoms with Crippen molar-refractivity contribution in [3.63, 3.8) is 0 Å². The van der Waals surface area contributed by atoms with Crippen LogP contribution in [-0.4, -0.2) is 38.9 Å². The summed E-state index contributed by atoms with van der Waals surface area (Å²) in [5.41, 5.74) is 1.69. The molecule has 1 aromatic heterocycles. The van der Waals surface area contributed by atoms with Crippen LogP contribution in [0.25, 0.3) is 17.1 Å². The van der Waals surface area contributed by atoms with E-state index in [0.717, 1.165) is 17.8 Å². The van der Waals surface area contributed by atoms with Gasteiger partial charge in [-0.05, 0) is 80.6 Å². The molecule has 0 unspecified atom stereocenters. The maximum absolute atomic E-state index is 13.4. The summed E-state index contributed by atoms with van der Waals surface area (Å²) in [4.78, 5) is 2.35. The fourth-order valence-corrected chi connectivity index (χ4v) is 3.56. The van der Waals surface area contributed by atoms with E-state index < -0.39 is 0 Å². The van der Waals surface area contributed by atoms with Crippen molar-refractivity contribution in [1.29, 1.82) is 0 Å². The molecule has 0 aliphatic heterocycles. The number of halogens is 2. The number of nitrogens with zero attached hydrogens (tertiary/aromatic N) is 4.